The second kappa shape index (κ2) is 8.94. The van der Waals surface area contributed by atoms with E-state index in [4.69, 9.17) is 0 Å². The summed E-state index contributed by atoms with van der Waals surface area (Å²) in [6, 6.07) is 18.6. The topological polar surface area (TPSA) is 23.6 Å². The summed E-state index contributed by atoms with van der Waals surface area (Å²) in [4.78, 5) is 16.5. The molecule has 0 saturated carbocycles. The van der Waals surface area contributed by atoms with Crippen LogP contribution in [-0.4, -0.2) is 41.9 Å². The number of benzene rings is 3. The third-order valence-corrected chi connectivity index (χ3v) is 5.77. The van der Waals surface area contributed by atoms with Gasteiger partial charge in [-0.25, -0.2) is 13.2 Å². The monoisotopic (exact) mass is 424 g/mol. The van der Waals surface area contributed by atoms with Crippen molar-refractivity contribution in [2.24, 2.45) is 0 Å². The fraction of sp³-hybridized carbons (Fsp3) is 0.240. The average Bonchev–Trinajstić information content (AvgIpc) is 2.79. The molecule has 31 heavy (non-hydrogen) atoms. The maximum Gasteiger partial charge on any atom is 0.259 e. The van der Waals surface area contributed by atoms with Crippen LogP contribution >= 0.6 is 0 Å². The van der Waals surface area contributed by atoms with E-state index in [1.807, 2.05) is 30.3 Å². The zero-order chi connectivity index (χ0) is 22.0. The van der Waals surface area contributed by atoms with Crippen molar-refractivity contribution in [2.75, 3.05) is 26.2 Å². The predicted octanol–water partition coefficient (Wildman–Crippen LogP) is 4.96. The number of amides is 1. The second-order valence-corrected chi connectivity index (χ2v) is 7.75. The van der Waals surface area contributed by atoms with Crippen LogP contribution in [0, 0.1) is 24.4 Å². The minimum absolute atomic E-state index is 0.105. The van der Waals surface area contributed by atoms with Gasteiger partial charge >= 0.3 is 0 Å². The van der Waals surface area contributed by atoms with Gasteiger partial charge in [-0.1, -0.05) is 48.5 Å². The fourth-order valence-electron chi connectivity index (χ4n) is 4.09. The van der Waals surface area contributed by atoms with E-state index < -0.39 is 23.1 Å². The number of hydrogen-bond donors (Lipinski definition) is 0. The van der Waals surface area contributed by atoms with Crippen molar-refractivity contribution in [2.45, 2.75) is 13.0 Å². The van der Waals surface area contributed by atoms with Crippen molar-refractivity contribution in [1.29, 1.82) is 0 Å². The molecule has 1 amide bonds. The van der Waals surface area contributed by atoms with Gasteiger partial charge < -0.3 is 4.90 Å². The molecule has 3 nitrogen and oxygen atoms in total. The van der Waals surface area contributed by atoms with Crippen molar-refractivity contribution < 1.29 is 18.0 Å². The van der Waals surface area contributed by atoms with Crippen LogP contribution in [0.15, 0.2) is 66.7 Å². The second-order valence-electron chi connectivity index (χ2n) is 7.75. The molecule has 160 valence electrons. The van der Waals surface area contributed by atoms with Gasteiger partial charge in [-0.05, 0) is 41.8 Å². The summed E-state index contributed by atoms with van der Waals surface area (Å²) in [6.07, 6.45) is 0. The number of aryl methyl sites for hydroxylation is 1. The standard InChI is InChI=1S/C25H23F3N2O/c1-17-7-12-21(27)22(23(17)28)25(31)30-15-13-29(14-16-30)24(18-5-3-2-4-6-18)19-8-10-20(26)11-9-19/h2-12,24H,13-16H2,1H3. The maximum atomic E-state index is 14.4. The summed E-state index contributed by atoms with van der Waals surface area (Å²) < 4.78 is 42.1. The van der Waals surface area contributed by atoms with Gasteiger partial charge in [0.2, 0.25) is 0 Å². The van der Waals surface area contributed by atoms with Gasteiger partial charge in [0.05, 0.1) is 6.04 Å². The van der Waals surface area contributed by atoms with E-state index in [1.54, 1.807) is 12.1 Å². The summed E-state index contributed by atoms with van der Waals surface area (Å²) in [5.74, 6) is -2.57. The summed E-state index contributed by atoms with van der Waals surface area (Å²) >= 11 is 0. The van der Waals surface area contributed by atoms with Gasteiger partial charge in [0.15, 0.2) is 0 Å². The molecule has 0 spiro atoms. The van der Waals surface area contributed by atoms with Crippen LogP contribution in [0.25, 0.3) is 0 Å². The van der Waals surface area contributed by atoms with Crippen molar-refractivity contribution in [3.63, 3.8) is 0 Å². The van der Waals surface area contributed by atoms with Gasteiger partial charge in [-0.2, -0.15) is 0 Å². The van der Waals surface area contributed by atoms with Crippen LogP contribution in [0.2, 0.25) is 0 Å². The normalized spacial score (nSPS) is 15.7. The van der Waals surface area contributed by atoms with Crippen molar-refractivity contribution in [3.05, 3.63) is 106 Å². The first-order valence-corrected chi connectivity index (χ1v) is 10.2. The minimum atomic E-state index is -0.844. The molecule has 1 atom stereocenters. The number of hydrogen-bond acceptors (Lipinski definition) is 2. The Labute approximate surface area is 179 Å². The highest BCUT2D eigenvalue weighted by molar-refractivity contribution is 5.95. The molecular weight excluding hydrogens is 401 g/mol. The van der Waals surface area contributed by atoms with E-state index in [1.165, 1.54) is 30.0 Å². The average molecular weight is 424 g/mol. The SMILES string of the molecule is Cc1ccc(F)c(C(=O)N2CCN(C(c3ccccc3)c3ccc(F)cc3)CC2)c1F. The molecule has 0 aliphatic carbocycles. The number of piperazine rings is 1. The lowest BCUT2D eigenvalue weighted by atomic mass is 9.96. The quantitative estimate of drug-likeness (QED) is 0.591. The Morgan fingerprint density at radius 3 is 2.06 bits per heavy atom. The molecular formula is C25H23F3N2O. The maximum absolute atomic E-state index is 14.4. The van der Waals surface area contributed by atoms with Crippen molar-refractivity contribution in [3.8, 4) is 0 Å². The number of halogens is 3. The molecule has 0 N–H and O–H groups in total. The van der Waals surface area contributed by atoms with E-state index in [9.17, 15) is 18.0 Å². The first kappa shape index (κ1) is 21.1. The van der Waals surface area contributed by atoms with Crippen LogP contribution in [0.5, 0.6) is 0 Å². The van der Waals surface area contributed by atoms with Gasteiger partial charge in [-0.3, -0.25) is 9.69 Å². The van der Waals surface area contributed by atoms with Crippen LogP contribution in [-0.2, 0) is 0 Å². The summed E-state index contributed by atoms with van der Waals surface area (Å²) in [5.41, 5.74) is 1.75. The molecule has 3 aromatic rings. The predicted molar refractivity (Wildman–Crippen MR) is 113 cm³/mol. The molecule has 0 aromatic heterocycles. The first-order chi connectivity index (χ1) is 15.0. The van der Waals surface area contributed by atoms with E-state index >= 15 is 0 Å². The Hall–Kier alpha value is -3.12. The Morgan fingerprint density at radius 2 is 1.42 bits per heavy atom. The molecule has 3 aromatic carbocycles. The van der Waals surface area contributed by atoms with Gasteiger partial charge in [0.1, 0.15) is 23.0 Å². The van der Waals surface area contributed by atoms with Crippen molar-refractivity contribution >= 4 is 5.91 Å². The van der Waals surface area contributed by atoms with Gasteiger partial charge in [-0.15, -0.1) is 0 Å². The molecule has 1 fully saturated rings. The Kier molecular flexibility index (Phi) is 6.09. The van der Waals surface area contributed by atoms with E-state index in [-0.39, 0.29) is 17.4 Å². The zero-order valence-corrected chi connectivity index (χ0v) is 17.2. The van der Waals surface area contributed by atoms with Gasteiger partial charge in [0, 0.05) is 26.2 Å². The zero-order valence-electron chi connectivity index (χ0n) is 17.2. The number of nitrogens with zero attached hydrogens (tertiary/aromatic N) is 2. The molecule has 0 radical (unpaired) electrons. The van der Waals surface area contributed by atoms with Crippen LogP contribution in [0.3, 0.4) is 0 Å². The van der Waals surface area contributed by atoms with Crippen LogP contribution in [0.1, 0.15) is 33.1 Å². The third-order valence-electron chi connectivity index (χ3n) is 5.77. The van der Waals surface area contributed by atoms with Crippen molar-refractivity contribution in [1.82, 2.24) is 9.80 Å². The molecule has 1 aliphatic rings. The van der Waals surface area contributed by atoms with E-state index in [0.29, 0.717) is 26.2 Å². The highest BCUT2D eigenvalue weighted by Crippen LogP contribution is 2.30. The molecule has 0 bridgehead atoms. The summed E-state index contributed by atoms with van der Waals surface area (Å²) in [7, 11) is 0. The summed E-state index contributed by atoms with van der Waals surface area (Å²) in [5, 5.41) is 0. The Morgan fingerprint density at radius 1 is 0.806 bits per heavy atom. The first-order valence-electron chi connectivity index (χ1n) is 10.2. The number of carbonyl (C=O) groups is 1. The highest BCUT2D eigenvalue weighted by atomic mass is 19.1. The van der Waals surface area contributed by atoms with Crippen LogP contribution in [0.4, 0.5) is 13.2 Å². The molecule has 6 heteroatoms. The lowest BCUT2D eigenvalue weighted by Gasteiger charge is -2.40. The van der Waals surface area contributed by atoms with Crippen LogP contribution < -0.4 is 0 Å². The largest absolute Gasteiger partial charge is 0.336 e. The lowest BCUT2D eigenvalue weighted by Crippen LogP contribution is -2.50. The summed E-state index contributed by atoms with van der Waals surface area (Å²) in [6.45, 7) is 3.25. The Balaban J connectivity index is 1.55. The number of carbonyl (C=O) groups excluding carboxylic acids is 1. The lowest BCUT2D eigenvalue weighted by molar-refractivity contribution is 0.0588. The fourth-order valence-corrected chi connectivity index (χ4v) is 4.09. The highest BCUT2D eigenvalue weighted by Gasteiger charge is 2.31. The molecule has 4 rings (SSSR count). The molecule has 1 heterocycles. The van der Waals surface area contributed by atoms with E-state index in [0.717, 1.165) is 17.2 Å². The smallest absolute Gasteiger partial charge is 0.259 e. The minimum Gasteiger partial charge on any atom is -0.336 e. The van der Waals surface area contributed by atoms with E-state index in [2.05, 4.69) is 4.90 Å². The molecule has 1 saturated heterocycles. The van der Waals surface area contributed by atoms with Gasteiger partial charge in [0.25, 0.3) is 5.91 Å². The molecule has 1 unspecified atom stereocenters. The molecule has 1 aliphatic heterocycles. The third kappa shape index (κ3) is 4.35. The number of rotatable bonds is 4. The Bertz CT molecular complexity index is 1060.